The van der Waals surface area contributed by atoms with Crippen molar-refractivity contribution >= 4 is 23.1 Å². The first-order valence-electron chi connectivity index (χ1n) is 0.548. The third kappa shape index (κ3) is 253. The minimum Gasteiger partial charge on any atom is -0.356 e. The Morgan fingerprint density at radius 3 is 1.33 bits per heavy atom. The van der Waals surface area contributed by atoms with Crippen molar-refractivity contribution in [1.82, 2.24) is 0 Å². The van der Waals surface area contributed by atoms with Crippen molar-refractivity contribution in [3.05, 3.63) is 15.3 Å². The van der Waals surface area contributed by atoms with Crippen molar-refractivity contribution < 1.29 is 21.6 Å². The molecule has 0 aromatic rings. The summed E-state index contributed by atoms with van der Waals surface area (Å²) in [6, 6.07) is 0. The van der Waals surface area contributed by atoms with Crippen LogP contribution >= 0.6 is 0 Å². The van der Waals surface area contributed by atoms with Crippen LogP contribution < -0.4 is 0 Å². The Morgan fingerprint density at radius 2 is 1.33 bits per heavy atom. The predicted molar refractivity (Wildman–Crippen MR) is 18.9 cm³/mol. The first-order valence-corrected chi connectivity index (χ1v) is 0.548. The van der Waals surface area contributed by atoms with Crippen molar-refractivity contribution in [1.29, 1.82) is 0 Å². The van der Waals surface area contributed by atoms with Crippen LogP contribution in [0.3, 0.4) is 0 Å². The van der Waals surface area contributed by atoms with Gasteiger partial charge in [0.25, 0.3) is 0 Å². The van der Waals surface area contributed by atoms with Crippen molar-refractivity contribution in [2.75, 3.05) is 0 Å². The molecule has 0 aliphatic rings. The number of hydrogen-bond acceptors (Lipinski definition) is 3. The van der Waals surface area contributed by atoms with Crippen molar-refractivity contribution in [3.63, 3.8) is 0 Å². The molecule has 6 heavy (non-hydrogen) atoms. The van der Waals surface area contributed by atoms with Crippen LogP contribution in [-0.2, 0) is 16.5 Å². The van der Waals surface area contributed by atoms with Gasteiger partial charge in [-0.3, -0.25) is 0 Å². The molecule has 0 bridgehead atoms. The van der Waals surface area contributed by atoms with E-state index in [0.29, 0.717) is 0 Å². The fraction of sp³-hybridized carbons (Fsp3) is 0. The van der Waals surface area contributed by atoms with Crippen LogP contribution in [-0.4, -0.2) is 28.1 Å². The average Bonchev–Trinajstić information content (AvgIpc) is 0.811. The van der Waals surface area contributed by atoms with E-state index in [4.69, 9.17) is 15.3 Å². The van der Waals surface area contributed by atoms with Gasteiger partial charge in [-0.25, -0.2) is 0 Å². The van der Waals surface area contributed by atoms with Crippen LogP contribution in [0.15, 0.2) is 0 Å². The molecule has 0 atom stereocenters. The molecule has 0 spiro atoms. The molecule has 0 radical (unpaired) electrons. The van der Waals surface area contributed by atoms with E-state index in [-0.39, 0.29) is 39.5 Å². The maximum absolute atomic E-state index is 8.25. The molecule has 0 heterocycles. The van der Waals surface area contributed by atoms with Crippen LogP contribution in [0.5, 0.6) is 0 Å². The van der Waals surface area contributed by atoms with Gasteiger partial charge in [0.05, 0.1) is 5.09 Å². The summed E-state index contributed by atoms with van der Waals surface area (Å²) >= 11 is 0. The Bertz CT molecular complexity index is 33.8. The Morgan fingerprint density at radius 1 is 1.33 bits per heavy atom. The van der Waals surface area contributed by atoms with Gasteiger partial charge in [0.15, 0.2) is 0 Å². The molecule has 38 valence electrons. The molecule has 0 saturated heterocycles. The molecule has 4 nitrogen and oxygen atoms in total. The summed E-state index contributed by atoms with van der Waals surface area (Å²) in [7, 11) is 0. The molecule has 0 rings (SSSR count). The predicted octanol–water partition coefficient (Wildman–Crippen LogP) is -1.16. The maximum atomic E-state index is 8.25. The number of hydrogen-bond donors (Lipinski definition) is 0. The summed E-state index contributed by atoms with van der Waals surface area (Å²) in [5.41, 5.74) is 0. The molecule has 0 aromatic heterocycles. The van der Waals surface area contributed by atoms with Gasteiger partial charge < -0.3 is 15.3 Å². The number of nitrogens with zero attached hydrogens (tertiary/aromatic N) is 1. The molecule has 0 aromatic carbocycles. The van der Waals surface area contributed by atoms with Gasteiger partial charge in [0.2, 0.25) is 0 Å². The summed E-state index contributed by atoms with van der Waals surface area (Å²) in [5.74, 6) is 0. The van der Waals surface area contributed by atoms with Gasteiger partial charge in [0.1, 0.15) is 0 Å². The summed E-state index contributed by atoms with van der Waals surface area (Å²) in [6.45, 7) is 0. The molecule has 0 N–H and O–H groups in total. The molecular weight excluding hydrogens is 145 g/mol. The minimum absolute atomic E-state index is 0. The third-order valence-electron chi connectivity index (χ3n) is 0. The Kier molecular flexibility index (Phi) is 24.3. The minimum atomic E-state index is -1.75. The van der Waals surface area contributed by atoms with Gasteiger partial charge >= 0.3 is 23.1 Å². The van der Waals surface area contributed by atoms with E-state index in [2.05, 4.69) is 0 Å². The van der Waals surface area contributed by atoms with Crippen LogP contribution in [0.2, 0.25) is 0 Å². The van der Waals surface area contributed by atoms with Crippen LogP contribution in [0.1, 0.15) is 0 Å². The van der Waals surface area contributed by atoms with E-state index >= 15 is 0 Å². The molecule has 0 unspecified atom stereocenters. The van der Waals surface area contributed by atoms with E-state index in [9.17, 15) is 0 Å². The summed E-state index contributed by atoms with van der Waals surface area (Å²) in [4.78, 5) is 8.25. The van der Waals surface area contributed by atoms with Crippen molar-refractivity contribution in [3.8, 4) is 0 Å². The summed E-state index contributed by atoms with van der Waals surface area (Å²) in [5, 5.41) is 14.8. The zero-order valence-electron chi connectivity index (χ0n) is 1.99. The fourth-order valence-electron chi connectivity index (χ4n) is 0. The van der Waals surface area contributed by atoms with E-state index in [0.717, 1.165) is 0 Å². The second-order valence-electron chi connectivity index (χ2n) is 0.224. The zero-order valence-corrected chi connectivity index (χ0v) is 2.98. The Balaban J connectivity index is -0.0000000450. The summed E-state index contributed by atoms with van der Waals surface area (Å²) < 4.78 is 0. The van der Waals surface area contributed by atoms with E-state index in [1.165, 1.54) is 0 Å². The normalized spacial score (nSPS) is 4.00. The van der Waals surface area contributed by atoms with Gasteiger partial charge in [-0.2, -0.15) is 0 Å². The first kappa shape index (κ1) is 16.1. The summed E-state index contributed by atoms with van der Waals surface area (Å²) in [6.07, 6.45) is 0. The van der Waals surface area contributed by atoms with Crippen LogP contribution in [0.25, 0.3) is 0 Å². The van der Waals surface area contributed by atoms with Crippen molar-refractivity contribution in [2.45, 2.75) is 0 Å². The molecule has 0 fully saturated rings. The van der Waals surface area contributed by atoms with E-state index in [1.807, 2.05) is 0 Å². The molecule has 0 amide bonds. The van der Waals surface area contributed by atoms with Gasteiger partial charge in [0, 0.05) is 16.5 Å². The first-order chi connectivity index (χ1) is 1.73. The van der Waals surface area contributed by atoms with E-state index < -0.39 is 5.09 Å². The topological polar surface area (TPSA) is 66.2 Å². The molecular formula is H2MgNNiO3-. The SMILES string of the molecule is O=[N+]([O-])[O-].[MgH2].[Ni]. The second kappa shape index (κ2) is 9.07. The Labute approximate surface area is 60.1 Å². The zero-order chi connectivity index (χ0) is 3.58. The van der Waals surface area contributed by atoms with Crippen LogP contribution in [0, 0.1) is 15.3 Å². The maximum Gasteiger partial charge on any atom is 0.316 e. The third-order valence-corrected chi connectivity index (χ3v) is 0. The van der Waals surface area contributed by atoms with E-state index in [1.54, 1.807) is 0 Å². The fourth-order valence-corrected chi connectivity index (χ4v) is 0. The largest absolute Gasteiger partial charge is 0.356 e. The standard InChI is InChI=1S/Mg.NO3.Ni.2H/c;2-1(3)4;;;/q;-1;;;. The molecule has 0 aliphatic carbocycles. The van der Waals surface area contributed by atoms with Crippen LogP contribution in [0.4, 0.5) is 0 Å². The smallest absolute Gasteiger partial charge is 0.316 e. The Hall–Kier alpha value is 0.460. The monoisotopic (exact) mass is 146 g/mol. The second-order valence-corrected chi connectivity index (χ2v) is 0.224. The van der Waals surface area contributed by atoms with Crippen molar-refractivity contribution in [2.24, 2.45) is 0 Å². The number of rotatable bonds is 0. The van der Waals surface area contributed by atoms with Gasteiger partial charge in [-0.15, -0.1) is 0 Å². The molecule has 0 saturated carbocycles. The molecule has 0 aliphatic heterocycles. The quantitative estimate of drug-likeness (QED) is 0.246. The molecule has 6 heteroatoms. The average molecular weight is 147 g/mol. The van der Waals surface area contributed by atoms with Gasteiger partial charge in [-0.05, 0) is 0 Å². The van der Waals surface area contributed by atoms with Gasteiger partial charge in [-0.1, -0.05) is 0 Å².